The average molecular weight is 345 g/mol. The molecular formula is C13H8Cl2F2N4O. The number of hydrogen-bond acceptors (Lipinski definition) is 5. The molecule has 0 saturated heterocycles. The summed E-state index contributed by atoms with van der Waals surface area (Å²) in [5, 5.41) is 11.8. The first-order valence-electron chi connectivity index (χ1n) is 5.88. The van der Waals surface area contributed by atoms with Gasteiger partial charge in [0.15, 0.2) is 5.69 Å². The Hall–Kier alpha value is -2.17. The van der Waals surface area contributed by atoms with Crippen molar-refractivity contribution in [2.45, 2.75) is 13.2 Å². The van der Waals surface area contributed by atoms with Gasteiger partial charge >= 0.3 is 6.61 Å². The van der Waals surface area contributed by atoms with Gasteiger partial charge in [-0.1, -0.05) is 23.2 Å². The lowest BCUT2D eigenvalue weighted by Crippen LogP contribution is -2.08. The van der Waals surface area contributed by atoms with Gasteiger partial charge in [-0.25, -0.2) is 9.97 Å². The maximum atomic E-state index is 12.4. The third kappa shape index (κ3) is 4.16. The quantitative estimate of drug-likeness (QED) is 0.891. The molecule has 1 aromatic heterocycles. The number of hydrogen-bond donors (Lipinski definition) is 1. The Balaban J connectivity index is 2.19. The van der Waals surface area contributed by atoms with Crippen molar-refractivity contribution >= 4 is 29.0 Å². The summed E-state index contributed by atoms with van der Waals surface area (Å²) in [4.78, 5) is 7.77. The normalized spacial score (nSPS) is 10.4. The molecule has 2 aromatic rings. The van der Waals surface area contributed by atoms with Crippen molar-refractivity contribution in [2.24, 2.45) is 0 Å². The van der Waals surface area contributed by atoms with Crippen LogP contribution in [0, 0.1) is 11.3 Å². The number of benzene rings is 1. The third-order valence-electron chi connectivity index (χ3n) is 2.52. The number of anilines is 1. The van der Waals surface area contributed by atoms with Crippen molar-refractivity contribution in [3.63, 3.8) is 0 Å². The Kier molecular flexibility index (Phi) is 5.31. The first-order valence-corrected chi connectivity index (χ1v) is 6.64. The van der Waals surface area contributed by atoms with Crippen molar-refractivity contribution in [2.75, 3.05) is 5.32 Å². The molecule has 1 N–H and O–H groups in total. The summed E-state index contributed by atoms with van der Waals surface area (Å²) in [6.07, 6.45) is 2.63. The van der Waals surface area contributed by atoms with Gasteiger partial charge in [-0.3, -0.25) is 0 Å². The van der Waals surface area contributed by atoms with E-state index in [-0.39, 0.29) is 28.0 Å². The highest BCUT2D eigenvalue weighted by molar-refractivity contribution is 6.35. The maximum Gasteiger partial charge on any atom is 0.387 e. The van der Waals surface area contributed by atoms with Gasteiger partial charge in [-0.2, -0.15) is 14.0 Å². The van der Waals surface area contributed by atoms with Gasteiger partial charge in [0.2, 0.25) is 0 Å². The van der Waals surface area contributed by atoms with Crippen molar-refractivity contribution in [1.29, 1.82) is 5.26 Å². The summed E-state index contributed by atoms with van der Waals surface area (Å²) in [5.74, 6) is 0.202. The molecule has 2 rings (SSSR count). The van der Waals surface area contributed by atoms with Crippen molar-refractivity contribution in [3.05, 3.63) is 45.8 Å². The standard InChI is InChI=1S/C13H8Cl2F2N4O/c14-8-1-7(12(10(15)2-8)22-13(16)17)4-20-11-6-19-9(3-18)5-21-11/h1-2,5-6,13H,4H2,(H,20,21). The number of rotatable bonds is 5. The van der Waals surface area contributed by atoms with Gasteiger partial charge < -0.3 is 10.1 Å². The highest BCUT2D eigenvalue weighted by Crippen LogP contribution is 2.33. The van der Waals surface area contributed by atoms with Gasteiger partial charge in [-0.05, 0) is 12.1 Å². The molecule has 0 aliphatic carbocycles. The lowest BCUT2D eigenvalue weighted by molar-refractivity contribution is -0.0503. The molecule has 0 amide bonds. The molecule has 0 unspecified atom stereocenters. The van der Waals surface area contributed by atoms with Gasteiger partial charge in [0.05, 0.1) is 17.4 Å². The highest BCUT2D eigenvalue weighted by atomic mass is 35.5. The van der Waals surface area contributed by atoms with E-state index >= 15 is 0 Å². The second-order valence-corrected chi connectivity index (χ2v) is 4.85. The molecular weight excluding hydrogens is 337 g/mol. The Morgan fingerprint density at radius 1 is 1.27 bits per heavy atom. The predicted molar refractivity (Wildman–Crippen MR) is 77.2 cm³/mol. The summed E-state index contributed by atoms with van der Waals surface area (Å²) in [7, 11) is 0. The third-order valence-corrected chi connectivity index (χ3v) is 3.02. The highest BCUT2D eigenvalue weighted by Gasteiger charge is 2.15. The molecule has 0 saturated carbocycles. The van der Waals surface area contributed by atoms with Crippen molar-refractivity contribution in [3.8, 4) is 11.8 Å². The van der Waals surface area contributed by atoms with Crippen LogP contribution < -0.4 is 10.1 Å². The molecule has 0 bridgehead atoms. The number of ether oxygens (including phenoxy) is 1. The molecule has 1 heterocycles. The van der Waals surface area contributed by atoms with E-state index in [1.807, 2.05) is 6.07 Å². The molecule has 9 heteroatoms. The van der Waals surface area contributed by atoms with Crippen molar-refractivity contribution in [1.82, 2.24) is 9.97 Å². The van der Waals surface area contributed by atoms with Crippen LogP contribution in [-0.4, -0.2) is 16.6 Å². The molecule has 114 valence electrons. The second kappa shape index (κ2) is 7.20. The number of nitriles is 1. The van der Waals surface area contributed by atoms with Gasteiger partial charge in [0, 0.05) is 17.1 Å². The Morgan fingerprint density at radius 2 is 2.05 bits per heavy atom. The second-order valence-electron chi connectivity index (χ2n) is 4.01. The van der Waals surface area contributed by atoms with Crippen LogP contribution >= 0.6 is 23.2 Å². The van der Waals surface area contributed by atoms with E-state index in [0.717, 1.165) is 0 Å². The van der Waals surface area contributed by atoms with E-state index < -0.39 is 6.61 Å². The number of halogens is 4. The summed E-state index contributed by atoms with van der Waals surface area (Å²) in [6.45, 7) is -2.92. The molecule has 0 aliphatic heterocycles. The average Bonchev–Trinajstić information content (AvgIpc) is 2.48. The maximum absolute atomic E-state index is 12.4. The van der Waals surface area contributed by atoms with E-state index in [2.05, 4.69) is 20.0 Å². The predicted octanol–water partition coefficient (Wildman–Crippen LogP) is 3.87. The number of nitrogens with zero attached hydrogens (tertiary/aromatic N) is 3. The molecule has 0 spiro atoms. The molecule has 0 radical (unpaired) electrons. The number of nitrogens with one attached hydrogen (secondary N) is 1. The fourth-order valence-electron chi connectivity index (χ4n) is 1.63. The Bertz CT molecular complexity index is 704. The van der Waals surface area contributed by atoms with Crippen LogP contribution in [0.15, 0.2) is 24.5 Å². The summed E-state index contributed by atoms with van der Waals surface area (Å²) in [6, 6.07) is 4.60. The minimum absolute atomic E-state index is 0.0180. The monoisotopic (exact) mass is 344 g/mol. The molecule has 22 heavy (non-hydrogen) atoms. The van der Waals surface area contributed by atoms with E-state index in [4.69, 9.17) is 28.5 Å². The van der Waals surface area contributed by atoms with Crippen LogP contribution in [0.2, 0.25) is 10.0 Å². The first kappa shape index (κ1) is 16.2. The van der Waals surface area contributed by atoms with Gasteiger partial charge in [0.1, 0.15) is 17.6 Å². The Morgan fingerprint density at radius 3 is 2.64 bits per heavy atom. The van der Waals surface area contributed by atoms with E-state index in [1.165, 1.54) is 24.5 Å². The topological polar surface area (TPSA) is 70.8 Å². The Labute approximate surface area is 134 Å². The lowest BCUT2D eigenvalue weighted by atomic mass is 10.2. The smallest absolute Gasteiger partial charge is 0.387 e. The lowest BCUT2D eigenvalue weighted by Gasteiger charge is -2.14. The van der Waals surface area contributed by atoms with E-state index in [0.29, 0.717) is 11.4 Å². The van der Waals surface area contributed by atoms with Crippen LogP contribution in [0.25, 0.3) is 0 Å². The molecule has 5 nitrogen and oxygen atoms in total. The zero-order valence-electron chi connectivity index (χ0n) is 10.9. The van der Waals surface area contributed by atoms with Crippen LogP contribution in [0.4, 0.5) is 14.6 Å². The molecule has 0 aliphatic rings. The van der Waals surface area contributed by atoms with Crippen LogP contribution in [-0.2, 0) is 6.54 Å². The summed E-state index contributed by atoms with van der Waals surface area (Å²) in [5.41, 5.74) is 0.502. The van der Waals surface area contributed by atoms with Gasteiger partial charge in [0.25, 0.3) is 0 Å². The summed E-state index contributed by atoms with van der Waals surface area (Å²) < 4.78 is 29.3. The summed E-state index contributed by atoms with van der Waals surface area (Å²) >= 11 is 11.7. The molecule has 0 fully saturated rings. The van der Waals surface area contributed by atoms with Crippen LogP contribution in [0.1, 0.15) is 11.3 Å². The minimum Gasteiger partial charge on any atom is -0.433 e. The zero-order chi connectivity index (χ0) is 16.1. The fraction of sp³-hybridized carbons (Fsp3) is 0.154. The number of aromatic nitrogens is 2. The molecule has 1 aromatic carbocycles. The van der Waals surface area contributed by atoms with Crippen LogP contribution in [0.5, 0.6) is 5.75 Å². The largest absolute Gasteiger partial charge is 0.433 e. The minimum atomic E-state index is -3.01. The fourth-order valence-corrected chi connectivity index (χ4v) is 2.21. The van der Waals surface area contributed by atoms with Crippen LogP contribution in [0.3, 0.4) is 0 Å². The van der Waals surface area contributed by atoms with E-state index in [9.17, 15) is 8.78 Å². The van der Waals surface area contributed by atoms with E-state index in [1.54, 1.807) is 0 Å². The first-order chi connectivity index (χ1) is 10.5. The zero-order valence-corrected chi connectivity index (χ0v) is 12.4. The molecule has 0 atom stereocenters. The number of alkyl halides is 2. The van der Waals surface area contributed by atoms with Crippen molar-refractivity contribution < 1.29 is 13.5 Å². The SMILES string of the molecule is N#Cc1cnc(NCc2cc(Cl)cc(Cl)c2OC(F)F)cn1. The van der Waals surface area contributed by atoms with Gasteiger partial charge in [-0.15, -0.1) is 0 Å².